The van der Waals surface area contributed by atoms with Gasteiger partial charge in [0.25, 0.3) is 0 Å². The maximum absolute atomic E-state index is 12.8. The lowest BCUT2D eigenvalue weighted by atomic mass is 10.0. The average Bonchev–Trinajstić information content (AvgIpc) is 3.46. The van der Waals surface area contributed by atoms with Crippen LogP contribution >= 0.6 is 0 Å². The summed E-state index contributed by atoms with van der Waals surface area (Å²) in [6.07, 6.45) is 4.56. The van der Waals surface area contributed by atoms with Gasteiger partial charge in [-0.2, -0.15) is 0 Å². The predicted molar refractivity (Wildman–Crippen MR) is 106 cm³/mol. The quantitative estimate of drug-likeness (QED) is 0.770. The summed E-state index contributed by atoms with van der Waals surface area (Å²) in [6.45, 7) is 5.64. The van der Waals surface area contributed by atoms with Crippen LogP contribution in [0.1, 0.15) is 45.2 Å². The fourth-order valence-corrected chi connectivity index (χ4v) is 3.69. The van der Waals surface area contributed by atoms with Crippen molar-refractivity contribution in [3.05, 3.63) is 11.9 Å². The first-order valence-electron chi connectivity index (χ1n) is 10.5. The summed E-state index contributed by atoms with van der Waals surface area (Å²) >= 11 is 0. The summed E-state index contributed by atoms with van der Waals surface area (Å²) in [6, 6.07) is -0.265. The van der Waals surface area contributed by atoms with E-state index in [4.69, 9.17) is 4.74 Å². The Labute approximate surface area is 172 Å². The van der Waals surface area contributed by atoms with Gasteiger partial charge < -0.3 is 19.6 Å². The third kappa shape index (κ3) is 5.76. The summed E-state index contributed by atoms with van der Waals surface area (Å²) in [7, 11) is 1.81. The molecule has 0 aromatic carbocycles. The van der Waals surface area contributed by atoms with Crippen molar-refractivity contribution in [1.29, 1.82) is 0 Å². The molecule has 2 bridgehead atoms. The Balaban J connectivity index is 1.77. The molecular weight excluding hydrogens is 374 g/mol. The molecule has 1 fully saturated rings. The fraction of sp³-hybridized carbons (Fsp3) is 0.800. The van der Waals surface area contributed by atoms with Crippen LogP contribution in [0.2, 0.25) is 0 Å². The van der Waals surface area contributed by atoms with Gasteiger partial charge in [-0.25, -0.2) is 0 Å². The highest BCUT2D eigenvalue weighted by Crippen LogP contribution is 2.31. The number of hydrogen-bond acceptors (Lipinski definition) is 6. The van der Waals surface area contributed by atoms with Gasteiger partial charge in [0.2, 0.25) is 11.8 Å². The lowest BCUT2D eigenvalue weighted by Crippen LogP contribution is -2.47. The number of nitrogens with zero attached hydrogens (tertiary/aromatic N) is 5. The smallest absolute Gasteiger partial charge is 0.225 e. The number of aliphatic hydroxyl groups excluding tert-OH is 1. The van der Waals surface area contributed by atoms with Crippen LogP contribution in [-0.4, -0.2) is 80.6 Å². The van der Waals surface area contributed by atoms with Crippen molar-refractivity contribution in [3.63, 3.8) is 0 Å². The van der Waals surface area contributed by atoms with Crippen molar-refractivity contribution >= 4 is 11.8 Å². The standard InChI is InChI=1S/C20H33N5O4/c1-14-9-25(15(2)12-26)19(27)5-4-8-24-10-17(21-22-24)13-29-18(14)11-23(3)20(28)16-6-7-16/h10,14-16,18,26H,4-9,11-13H2,1-3H3/t14-,15+,18+/m0/s1. The molecule has 0 unspecified atom stereocenters. The topological polar surface area (TPSA) is 101 Å². The Hall–Kier alpha value is -2.00. The maximum Gasteiger partial charge on any atom is 0.225 e. The third-order valence-electron chi connectivity index (χ3n) is 5.80. The van der Waals surface area contributed by atoms with Crippen LogP contribution < -0.4 is 0 Å². The van der Waals surface area contributed by atoms with Gasteiger partial charge in [-0.1, -0.05) is 12.1 Å². The van der Waals surface area contributed by atoms with Gasteiger partial charge in [-0.15, -0.1) is 5.10 Å². The number of aliphatic hydroxyl groups is 1. The molecule has 29 heavy (non-hydrogen) atoms. The molecule has 2 aliphatic rings. The third-order valence-corrected chi connectivity index (χ3v) is 5.80. The van der Waals surface area contributed by atoms with E-state index in [0.29, 0.717) is 39.1 Å². The first kappa shape index (κ1) is 21.7. The highest BCUT2D eigenvalue weighted by Gasteiger charge is 2.34. The van der Waals surface area contributed by atoms with Gasteiger partial charge in [0, 0.05) is 44.9 Å². The molecule has 3 atom stereocenters. The molecule has 0 radical (unpaired) electrons. The first-order valence-corrected chi connectivity index (χ1v) is 10.5. The number of fused-ring (bicyclic) bond motifs is 2. The molecule has 1 saturated carbocycles. The van der Waals surface area contributed by atoms with Crippen LogP contribution in [0.4, 0.5) is 0 Å². The highest BCUT2D eigenvalue weighted by atomic mass is 16.5. The van der Waals surface area contributed by atoms with Crippen LogP contribution in [0.5, 0.6) is 0 Å². The molecule has 1 aromatic heterocycles. The van der Waals surface area contributed by atoms with Crippen molar-refractivity contribution in [1.82, 2.24) is 24.8 Å². The minimum absolute atomic E-state index is 0.0131. The van der Waals surface area contributed by atoms with E-state index in [1.807, 2.05) is 27.1 Å². The highest BCUT2D eigenvalue weighted by molar-refractivity contribution is 5.80. The molecule has 3 rings (SSSR count). The van der Waals surface area contributed by atoms with Crippen LogP contribution in [0, 0.1) is 11.8 Å². The second kappa shape index (κ2) is 9.67. The normalized spacial score (nSPS) is 25.0. The predicted octanol–water partition coefficient (Wildman–Crippen LogP) is 0.671. The zero-order valence-electron chi connectivity index (χ0n) is 17.7. The van der Waals surface area contributed by atoms with Crippen molar-refractivity contribution < 1.29 is 19.4 Å². The van der Waals surface area contributed by atoms with E-state index >= 15 is 0 Å². The second-order valence-corrected chi connectivity index (χ2v) is 8.47. The van der Waals surface area contributed by atoms with Crippen LogP contribution in [-0.2, 0) is 27.5 Å². The number of aromatic nitrogens is 3. The van der Waals surface area contributed by atoms with Crippen molar-refractivity contribution in [2.75, 3.05) is 26.7 Å². The number of likely N-dealkylation sites (N-methyl/N-ethyl adjacent to an activating group) is 1. The molecular formula is C20H33N5O4. The van der Waals surface area contributed by atoms with E-state index in [-0.39, 0.29) is 42.4 Å². The largest absolute Gasteiger partial charge is 0.394 e. The number of amides is 2. The number of hydrogen-bond donors (Lipinski definition) is 1. The summed E-state index contributed by atoms with van der Waals surface area (Å²) in [5.41, 5.74) is 0.740. The number of carbonyl (C=O) groups is 2. The Morgan fingerprint density at radius 1 is 1.45 bits per heavy atom. The number of rotatable bonds is 5. The number of ether oxygens (including phenoxy) is 1. The van der Waals surface area contributed by atoms with Gasteiger partial charge in [-0.3, -0.25) is 14.3 Å². The van der Waals surface area contributed by atoms with E-state index in [9.17, 15) is 14.7 Å². The number of carbonyl (C=O) groups excluding carboxylic acids is 2. The zero-order chi connectivity index (χ0) is 21.0. The van der Waals surface area contributed by atoms with Gasteiger partial charge >= 0.3 is 0 Å². The van der Waals surface area contributed by atoms with Crippen LogP contribution in [0.3, 0.4) is 0 Å². The molecule has 1 N–H and O–H groups in total. The Morgan fingerprint density at radius 3 is 2.90 bits per heavy atom. The van der Waals surface area contributed by atoms with Crippen molar-refractivity contribution in [2.45, 2.75) is 64.8 Å². The number of aryl methyl sites for hydroxylation is 1. The molecule has 1 aliphatic heterocycles. The molecule has 162 valence electrons. The summed E-state index contributed by atoms with van der Waals surface area (Å²) in [5, 5.41) is 17.9. The molecule has 2 heterocycles. The summed E-state index contributed by atoms with van der Waals surface area (Å²) < 4.78 is 7.90. The van der Waals surface area contributed by atoms with E-state index in [0.717, 1.165) is 18.5 Å². The SMILES string of the molecule is C[C@H](CO)N1C[C@H](C)[C@@H](CN(C)C(=O)C2CC2)OCc2cn(nn2)CCCC1=O. The lowest BCUT2D eigenvalue weighted by molar-refractivity contribution is -0.138. The fourth-order valence-electron chi connectivity index (χ4n) is 3.69. The summed E-state index contributed by atoms with van der Waals surface area (Å²) in [4.78, 5) is 28.7. The van der Waals surface area contributed by atoms with Gasteiger partial charge in [0.05, 0.1) is 31.6 Å². The molecule has 9 heteroatoms. The minimum atomic E-state index is -0.265. The van der Waals surface area contributed by atoms with Gasteiger partial charge in [-0.05, 0) is 26.2 Å². The van der Waals surface area contributed by atoms with Crippen molar-refractivity contribution in [3.8, 4) is 0 Å². The Kier molecular flexibility index (Phi) is 7.23. The molecule has 1 aromatic rings. The summed E-state index contributed by atoms with van der Waals surface area (Å²) in [5.74, 6) is 0.307. The van der Waals surface area contributed by atoms with Crippen LogP contribution in [0.25, 0.3) is 0 Å². The maximum atomic E-state index is 12.8. The lowest BCUT2D eigenvalue weighted by Gasteiger charge is -2.35. The van der Waals surface area contributed by atoms with E-state index in [1.165, 1.54) is 0 Å². The zero-order valence-corrected chi connectivity index (χ0v) is 17.7. The molecule has 0 spiro atoms. The molecule has 0 saturated heterocycles. The Morgan fingerprint density at radius 2 is 2.21 bits per heavy atom. The second-order valence-electron chi connectivity index (χ2n) is 8.47. The van der Waals surface area contributed by atoms with E-state index in [2.05, 4.69) is 10.3 Å². The van der Waals surface area contributed by atoms with Gasteiger partial charge in [0.1, 0.15) is 5.69 Å². The minimum Gasteiger partial charge on any atom is -0.394 e. The molecule has 9 nitrogen and oxygen atoms in total. The Bertz CT molecular complexity index is 705. The van der Waals surface area contributed by atoms with E-state index in [1.54, 1.807) is 14.5 Å². The monoisotopic (exact) mass is 407 g/mol. The molecule has 2 amide bonds. The molecule has 1 aliphatic carbocycles. The van der Waals surface area contributed by atoms with Crippen LogP contribution in [0.15, 0.2) is 6.20 Å². The first-order chi connectivity index (χ1) is 13.9. The average molecular weight is 408 g/mol. The van der Waals surface area contributed by atoms with E-state index < -0.39 is 0 Å². The van der Waals surface area contributed by atoms with Gasteiger partial charge in [0.15, 0.2) is 0 Å². The van der Waals surface area contributed by atoms with Crippen molar-refractivity contribution in [2.24, 2.45) is 11.8 Å².